The second-order valence-electron chi connectivity index (χ2n) is 5.66. The second-order valence-corrected chi connectivity index (χ2v) is 5.66. The van der Waals surface area contributed by atoms with Gasteiger partial charge in [0.25, 0.3) is 0 Å². The number of rotatable bonds is 3. The lowest BCUT2D eigenvalue weighted by molar-refractivity contribution is 0.209. The summed E-state index contributed by atoms with van der Waals surface area (Å²) in [4.78, 5) is 2.63. The van der Waals surface area contributed by atoms with Crippen molar-refractivity contribution in [3.05, 3.63) is 29.8 Å². The average molecular weight is 231 g/mol. The van der Waals surface area contributed by atoms with Gasteiger partial charge in [-0.3, -0.25) is 0 Å². The van der Waals surface area contributed by atoms with Gasteiger partial charge in [0, 0.05) is 12.0 Å². The maximum absolute atomic E-state index is 9.35. The minimum Gasteiger partial charge on any atom is -0.508 e. The van der Waals surface area contributed by atoms with Crippen molar-refractivity contribution in [2.45, 2.75) is 37.5 Å². The molecule has 1 saturated carbocycles. The minimum atomic E-state index is 0.377. The topological polar surface area (TPSA) is 23.5 Å². The number of hydrogen-bond donors (Lipinski definition) is 1. The van der Waals surface area contributed by atoms with Crippen LogP contribution in [0.5, 0.6) is 5.75 Å². The van der Waals surface area contributed by atoms with Gasteiger partial charge in [0.05, 0.1) is 0 Å². The molecule has 1 aliphatic heterocycles. The van der Waals surface area contributed by atoms with Crippen LogP contribution in [-0.4, -0.2) is 29.6 Å². The molecule has 1 aromatic rings. The predicted octanol–water partition coefficient (Wildman–Crippen LogP) is 2.91. The number of aromatic hydroxyl groups is 1. The van der Waals surface area contributed by atoms with Gasteiger partial charge >= 0.3 is 0 Å². The number of likely N-dealkylation sites (tertiary alicyclic amines) is 1. The van der Waals surface area contributed by atoms with E-state index in [9.17, 15) is 5.11 Å². The van der Waals surface area contributed by atoms with E-state index < -0.39 is 0 Å². The second kappa shape index (κ2) is 4.34. The number of piperidine rings is 1. The summed E-state index contributed by atoms with van der Waals surface area (Å²) in [5.74, 6) is 0.377. The van der Waals surface area contributed by atoms with Crippen molar-refractivity contribution in [3.63, 3.8) is 0 Å². The zero-order valence-corrected chi connectivity index (χ0v) is 10.4. The van der Waals surface area contributed by atoms with Gasteiger partial charge in [-0.2, -0.15) is 0 Å². The predicted molar refractivity (Wildman–Crippen MR) is 69.3 cm³/mol. The summed E-state index contributed by atoms with van der Waals surface area (Å²) < 4.78 is 0. The lowest BCUT2D eigenvalue weighted by Gasteiger charge is -2.30. The van der Waals surface area contributed by atoms with Crippen molar-refractivity contribution in [1.29, 1.82) is 0 Å². The molecular weight excluding hydrogens is 210 g/mol. The van der Waals surface area contributed by atoms with E-state index in [0.717, 1.165) is 0 Å². The van der Waals surface area contributed by atoms with E-state index in [-0.39, 0.29) is 0 Å². The maximum Gasteiger partial charge on any atom is 0.115 e. The molecule has 0 atom stereocenters. The third kappa shape index (κ3) is 2.32. The zero-order valence-electron chi connectivity index (χ0n) is 10.4. The van der Waals surface area contributed by atoms with Crippen molar-refractivity contribution in [3.8, 4) is 5.75 Å². The Morgan fingerprint density at radius 2 is 1.65 bits per heavy atom. The number of phenolic OH excluding ortho intramolecular Hbond substituents is 1. The lowest BCUT2D eigenvalue weighted by atomic mass is 9.94. The molecule has 0 bridgehead atoms. The molecule has 1 heterocycles. The van der Waals surface area contributed by atoms with Crippen LogP contribution < -0.4 is 0 Å². The molecular formula is C15H21NO. The van der Waals surface area contributed by atoms with E-state index in [1.807, 2.05) is 12.1 Å². The molecule has 2 fully saturated rings. The normalized spacial score (nSPS) is 23.5. The number of phenols is 1. The van der Waals surface area contributed by atoms with Crippen molar-refractivity contribution in [2.75, 3.05) is 19.6 Å². The minimum absolute atomic E-state index is 0.377. The van der Waals surface area contributed by atoms with E-state index >= 15 is 0 Å². The molecule has 0 aromatic heterocycles. The fraction of sp³-hybridized carbons (Fsp3) is 0.600. The largest absolute Gasteiger partial charge is 0.508 e. The number of benzene rings is 1. The van der Waals surface area contributed by atoms with Crippen LogP contribution in [0.2, 0.25) is 0 Å². The highest BCUT2D eigenvalue weighted by molar-refractivity contribution is 5.36. The number of nitrogens with zero attached hydrogens (tertiary/aromatic N) is 1. The zero-order chi connectivity index (χ0) is 11.7. The molecule has 92 valence electrons. The Labute approximate surface area is 103 Å². The van der Waals surface area contributed by atoms with Crippen LogP contribution in [0.15, 0.2) is 24.3 Å². The molecule has 1 saturated heterocycles. The Hall–Kier alpha value is -1.02. The fourth-order valence-electron chi connectivity index (χ4n) is 3.05. The molecule has 17 heavy (non-hydrogen) atoms. The summed E-state index contributed by atoms with van der Waals surface area (Å²) in [5, 5.41) is 9.35. The third-order valence-corrected chi connectivity index (χ3v) is 4.31. The first kappa shape index (κ1) is 11.1. The Kier molecular flexibility index (Phi) is 2.83. The SMILES string of the molecule is Oc1ccc(C2(CN3CCCCC3)CC2)cc1. The van der Waals surface area contributed by atoms with Crippen molar-refractivity contribution in [1.82, 2.24) is 4.90 Å². The molecule has 2 aliphatic rings. The van der Waals surface area contributed by atoms with Gasteiger partial charge < -0.3 is 10.0 Å². The Balaban J connectivity index is 1.70. The van der Waals surface area contributed by atoms with Crippen LogP contribution >= 0.6 is 0 Å². The molecule has 1 aromatic carbocycles. The standard InChI is InChI=1S/C15H21NO/c17-14-6-4-13(5-7-14)15(8-9-15)12-16-10-2-1-3-11-16/h4-7,17H,1-3,8-12H2. The van der Waals surface area contributed by atoms with Gasteiger partial charge in [-0.15, -0.1) is 0 Å². The summed E-state index contributed by atoms with van der Waals surface area (Å²) in [6.45, 7) is 3.78. The monoisotopic (exact) mass is 231 g/mol. The van der Waals surface area contributed by atoms with Crippen LogP contribution in [0, 0.1) is 0 Å². The van der Waals surface area contributed by atoms with Gasteiger partial charge in [0.15, 0.2) is 0 Å². The van der Waals surface area contributed by atoms with Gasteiger partial charge in [0.2, 0.25) is 0 Å². The van der Waals surface area contributed by atoms with E-state index in [0.29, 0.717) is 11.2 Å². The summed E-state index contributed by atoms with van der Waals surface area (Å²) in [7, 11) is 0. The van der Waals surface area contributed by atoms with E-state index in [1.54, 1.807) is 0 Å². The maximum atomic E-state index is 9.35. The van der Waals surface area contributed by atoms with Crippen molar-refractivity contribution < 1.29 is 5.11 Å². The summed E-state index contributed by atoms with van der Waals surface area (Å²) in [6.07, 6.45) is 6.77. The average Bonchev–Trinajstić information content (AvgIpc) is 3.12. The van der Waals surface area contributed by atoms with Crippen LogP contribution in [0.1, 0.15) is 37.7 Å². The molecule has 0 amide bonds. The lowest BCUT2D eigenvalue weighted by Crippen LogP contribution is -2.36. The Morgan fingerprint density at radius 3 is 2.24 bits per heavy atom. The quantitative estimate of drug-likeness (QED) is 0.864. The molecule has 0 radical (unpaired) electrons. The van der Waals surface area contributed by atoms with E-state index in [4.69, 9.17) is 0 Å². The molecule has 1 N–H and O–H groups in total. The van der Waals surface area contributed by atoms with Gasteiger partial charge in [0.1, 0.15) is 5.75 Å². The Morgan fingerprint density at radius 1 is 1.00 bits per heavy atom. The molecule has 3 rings (SSSR count). The molecule has 1 aliphatic carbocycles. The van der Waals surface area contributed by atoms with Gasteiger partial charge in [-0.1, -0.05) is 18.6 Å². The van der Waals surface area contributed by atoms with Crippen molar-refractivity contribution >= 4 is 0 Å². The molecule has 2 heteroatoms. The highest BCUT2D eigenvalue weighted by Crippen LogP contribution is 2.49. The van der Waals surface area contributed by atoms with Crippen LogP contribution in [-0.2, 0) is 5.41 Å². The fourth-order valence-corrected chi connectivity index (χ4v) is 3.05. The van der Waals surface area contributed by atoms with Crippen LogP contribution in [0.4, 0.5) is 0 Å². The first-order valence-corrected chi connectivity index (χ1v) is 6.80. The third-order valence-electron chi connectivity index (χ3n) is 4.31. The van der Waals surface area contributed by atoms with Gasteiger partial charge in [-0.25, -0.2) is 0 Å². The first-order chi connectivity index (χ1) is 8.28. The van der Waals surface area contributed by atoms with E-state index in [1.165, 1.54) is 57.3 Å². The highest BCUT2D eigenvalue weighted by atomic mass is 16.3. The highest BCUT2D eigenvalue weighted by Gasteiger charge is 2.45. The number of hydrogen-bond acceptors (Lipinski definition) is 2. The Bertz CT molecular complexity index is 374. The van der Waals surface area contributed by atoms with Crippen LogP contribution in [0.25, 0.3) is 0 Å². The summed E-state index contributed by atoms with van der Waals surface area (Å²) in [6, 6.07) is 7.86. The molecule has 0 unspecified atom stereocenters. The summed E-state index contributed by atoms with van der Waals surface area (Å²) >= 11 is 0. The summed E-state index contributed by atoms with van der Waals surface area (Å²) in [5.41, 5.74) is 1.83. The molecule has 0 spiro atoms. The smallest absolute Gasteiger partial charge is 0.115 e. The van der Waals surface area contributed by atoms with E-state index in [2.05, 4.69) is 17.0 Å². The first-order valence-electron chi connectivity index (χ1n) is 6.80. The van der Waals surface area contributed by atoms with Crippen molar-refractivity contribution in [2.24, 2.45) is 0 Å². The van der Waals surface area contributed by atoms with Crippen LogP contribution in [0.3, 0.4) is 0 Å². The molecule has 2 nitrogen and oxygen atoms in total. The van der Waals surface area contributed by atoms with Gasteiger partial charge in [-0.05, 0) is 56.5 Å².